The number of nitrogens with one attached hydrogen (secondary N) is 1. The second-order valence-corrected chi connectivity index (χ2v) is 2.32. The normalized spacial score (nSPS) is 15.8. The molecule has 0 rings (SSSR count). The Morgan fingerprint density at radius 2 is 2.20 bits per heavy atom. The Bertz CT molecular complexity index is 134. The van der Waals surface area contributed by atoms with Gasteiger partial charge in [-0.25, -0.2) is 0 Å². The van der Waals surface area contributed by atoms with Gasteiger partial charge in [-0.3, -0.25) is 4.79 Å². The molecule has 0 aromatic heterocycles. The van der Waals surface area contributed by atoms with Gasteiger partial charge in [0.25, 0.3) is 0 Å². The van der Waals surface area contributed by atoms with Gasteiger partial charge in [-0.15, -0.1) is 6.58 Å². The lowest BCUT2D eigenvalue weighted by atomic mass is 10.2. The number of rotatable bonds is 4. The van der Waals surface area contributed by atoms with Crippen LogP contribution in [0.2, 0.25) is 0 Å². The van der Waals surface area contributed by atoms with Crippen molar-refractivity contribution >= 4 is 5.91 Å². The number of primary amides is 1. The SMILES string of the molecule is C=CC(C)NC(C)C(N)=O. The predicted octanol–water partition coefficient (Wildman–Crippen LogP) is 0.0243. The molecule has 0 aliphatic heterocycles. The molecule has 10 heavy (non-hydrogen) atoms. The first-order valence-corrected chi connectivity index (χ1v) is 3.26. The number of carbonyl (C=O) groups is 1. The van der Waals surface area contributed by atoms with Gasteiger partial charge in [-0.05, 0) is 13.8 Å². The van der Waals surface area contributed by atoms with Crippen LogP contribution in [-0.2, 0) is 4.79 Å². The van der Waals surface area contributed by atoms with Gasteiger partial charge in [-0.2, -0.15) is 0 Å². The Morgan fingerprint density at radius 1 is 1.70 bits per heavy atom. The fraction of sp³-hybridized carbons (Fsp3) is 0.571. The predicted molar refractivity (Wildman–Crippen MR) is 41.5 cm³/mol. The fourth-order valence-electron chi connectivity index (χ4n) is 0.545. The van der Waals surface area contributed by atoms with Gasteiger partial charge < -0.3 is 11.1 Å². The molecule has 0 heterocycles. The summed E-state index contributed by atoms with van der Waals surface area (Å²) >= 11 is 0. The molecular formula is C7H14N2O. The highest BCUT2D eigenvalue weighted by atomic mass is 16.1. The molecule has 0 saturated heterocycles. The zero-order chi connectivity index (χ0) is 8.15. The molecule has 0 saturated carbocycles. The monoisotopic (exact) mass is 142 g/mol. The molecule has 0 spiro atoms. The molecule has 0 aromatic carbocycles. The van der Waals surface area contributed by atoms with Crippen molar-refractivity contribution in [2.75, 3.05) is 0 Å². The summed E-state index contributed by atoms with van der Waals surface area (Å²) in [6.45, 7) is 7.19. The summed E-state index contributed by atoms with van der Waals surface area (Å²) in [7, 11) is 0. The molecule has 0 aliphatic carbocycles. The van der Waals surface area contributed by atoms with E-state index in [1.165, 1.54) is 0 Å². The second-order valence-electron chi connectivity index (χ2n) is 2.32. The molecule has 0 aromatic rings. The smallest absolute Gasteiger partial charge is 0.234 e. The highest BCUT2D eigenvalue weighted by Gasteiger charge is 2.08. The summed E-state index contributed by atoms with van der Waals surface area (Å²) in [5.41, 5.74) is 5.00. The fourth-order valence-corrected chi connectivity index (χ4v) is 0.545. The summed E-state index contributed by atoms with van der Waals surface area (Å²) in [4.78, 5) is 10.5. The molecule has 3 nitrogen and oxygen atoms in total. The highest BCUT2D eigenvalue weighted by molar-refractivity contribution is 5.79. The van der Waals surface area contributed by atoms with Crippen LogP contribution in [0, 0.1) is 0 Å². The van der Waals surface area contributed by atoms with Crippen LogP contribution in [0.25, 0.3) is 0 Å². The minimum atomic E-state index is -0.339. The second kappa shape index (κ2) is 4.06. The minimum absolute atomic E-state index is 0.127. The van der Waals surface area contributed by atoms with E-state index in [-0.39, 0.29) is 18.0 Å². The molecule has 3 N–H and O–H groups in total. The zero-order valence-electron chi connectivity index (χ0n) is 6.42. The average molecular weight is 142 g/mol. The Balaban J connectivity index is 3.67. The maximum absolute atomic E-state index is 10.5. The van der Waals surface area contributed by atoms with Crippen LogP contribution in [-0.4, -0.2) is 18.0 Å². The molecular weight excluding hydrogens is 128 g/mol. The third kappa shape index (κ3) is 3.25. The first kappa shape index (κ1) is 9.17. The summed E-state index contributed by atoms with van der Waals surface area (Å²) in [5.74, 6) is -0.339. The first-order chi connectivity index (χ1) is 4.57. The third-order valence-corrected chi connectivity index (χ3v) is 1.29. The van der Waals surface area contributed by atoms with Crippen molar-refractivity contribution in [3.05, 3.63) is 12.7 Å². The molecule has 0 fully saturated rings. The van der Waals surface area contributed by atoms with Gasteiger partial charge in [0, 0.05) is 6.04 Å². The van der Waals surface area contributed by atoms with Crippen LogP contribution in [0.1, 0.15) is 13.8 Å². The van der Waals surface area contributed by atoms with E-state index in [2.05, 4.69) is 11.9 Å². The zero-order valence-corrected chi connectivity index (χ0v) is 6.42. The van der Waals surface area contributed by atoms with Gasteiger partial charge in [0.2, 0.25) is 5.91 Å². The molecule has 0 bridgehead atoms. The molecule has 0 radical (unpaired) electrons. The van der Waals surface area contributed by atoms with Gasteiger partial charge in [0.05, 0.1) is 6.04 Å². The van der Waals surface area contributed by atoms with Crippen molar-refractivity contribution in [1.29, 1.82) is 0 Å². The maximum atomic E-state index is 10.5. The van der Waals surface area contributed by atoms with Crippen LogP contribution in [0.5, 0.6) is 0 Å². The molecule has 3 heteroatoms. The number of amides is 1. The Kier molecular flexibility index (Phi) is 3.72. The largest absolute Gasteiger partial charge is 0.368 e. The van der Waals surface area contributed by atoms with E-state index in [9.17, 15) is 4.79 Å². The first-order valence-electron chi connectivity index (χ1n) is 3.26. The Labute approximate surface area is 61.3 Å². The number of hydrogen-bond donors (Lipinski definition) is 2. The summed E-state index contributed by atoms with van der Waals surface area (Å²) in [6.07, 6.45) is 1.72. The van der Waals surface area contributed by atoms with E-state index in [0.717, 1.165) is 0 Å². The Morgan fingerprint density at radius 3 is 2.50 bits per heavy atom. The van der Waals surface area contributed by atoms with E-state index in [1.54, 1.807) is 13.0 Å². The van der Waals surface area contributed by atoms with Crippen molar-refractivity contribution < 1.29 is 4.79 Å². The Hall–Kier alpha value is -0.830. The van der Waals surface area contributed by atoms with Gasteiger partial charge >= 0.3 is 0 Å². The van der Waals surface area contributed by atoms with Crippen molar-refractivity contribution in [2.45, 2.75) is 25.9 Å². The van der Waals surface area contributed by atoms with Gasteiger partial charge in [0.15, 0.2) is 0 Å². The average Bonchev–Trinajstić information content (AvgIpc) is 1.87. The van der Waals surface area contributed by atoms with Crippen molar-refractivity contribution in [3.63, 3.8) is 0 Å². The summed E-state index contributed by atoms with van der Waals surface area (Å²) in [6, 6.07) is -0.157. The lowest BCUT2D eigenvalue weighted by molar-refractivity contribution is -0.119. The van der Waals surface area contributed by atoms with Crippen molar-refractivity contribution in [1.82, 2.24) is 5.32 Å². The van der Waals surface area contributed by atoms with Crippen LogP contribution in [0.4, 0.5) is 0 Å². The quantitative estimate of drug-likeness (QED) is 0.544. The van der Waals surface area contributed by atoms with E-state index in [0.29, 0.717) is 0 Å². The van der Waals surface area contributed by atoms with Gasteiger partial charge in [-0.1, -0.05) is 6.08 Å². The van der Waals surface area contributed by atoms with Crippen molar-refractivity contribution in [3.8, 4) is 0 Å². The highest BCUT2D eigenvalue weighted by Crippen LogP contribution is 1.85. The molecule has 1 amide bonds. The van der Waals surface area contributed by atoms with Crippen molar-refractivity contribution in [2.24, 2.45) is 5.73 Å². The topological polar surface area (TPSA) is 55.1 Å². The summed E-state index contributed by atoms with van der Waals surface area (Å²) < 4.78 is 0. The van der Waals surface area contributed by atoms with E-state index < -0.39 is 0 Å². The molecule has 2 atom stereocenters. The van der Waals surface area contributed by atoms with E-state index >= 15 is 0 Å². The molecule has 58 valence electrons. The lowest BCUT2D eigenvalue weighted by Gasteiger charge is -2.13. The number of carbonyl (C=O) groups excluding carboxylic acids is 1. The van der Waals surface area contributed by atoms with Crippen LogP contribution in [0.15, 0.2) is 12.7 Å². The van der Waals surface area contributed by atoms with E-state index in [1.807, 2.05) is 6.92 Å². The van der Waals surface area contributed by atoms with Crippen LogP contribution < -0.4 is 11.1 Å². The van der Waals surface area contributed by atoms with Crippen LogP contribution >= 0.6 is 0 Å². The standard InChI is InChI=1S/C7H14N2O/c1-4-5(2)9-6(3)7(8)10/h4-6,9H,1H2,2-3H3,(H2,8,10). The maximum Gasteiger partial charge on any atom is 0.234 e. The lowest BCUT2D eigenvalue weighted by Crippen LogP contribution is -2.42. The molecule has 0 aliphatic rings. The third-order valence-electron chi connectivity index (χ3n) is 1.29. The van der Waals surface area contributed by atoms with Gasteiger partial charge in [0.1, 0.15) is 0 Å². The summed E-state index contributed by atoms with van der Waals surface area (Å²) in [5, 5.41) is 2.94. The molecule has 2 unspecified atom stereocenters. The van der Waals surface area contributed by atoms with Crippen LogP contribution in [0.3, 0.4) is 0 Å². The minimum Gasteiger partial charge on any atom is -0.368 e. The number of nitrogens with two attached hydrogens (primary N) is 1. The van der Waals surface area contributed by atoms with E-state index in [4.69, 9.17) is 5.73 Å². The number of hydrogen-bond acceptors (Lipinski definition) is 2.